The van der Waals surface area contributed by atoms with E-state index in [0.717, 1.165) is 4.47 Å². The van der Waals surface area contributed by atoms with Gasteiger partial charge in [0.1, 0.15) is 0 Å². The minimum atomic E-state index is 0.569. The highest BCUT2D eigenvalue weighted by molar-refractivity contribution is 9.10. The average molecular weight is 297 g/mol. The molecule has 1 aromatic rings. The monoisotopic (exact) mass is 296 g/mol. The molecule has 0 bridgehead atoms. The van der Waals surface area contributed by atoms with Crippen LogP contribution in [-0.2, 0) is 0 Å². The summed E-state index contributed by atoms with van der Waals surface area (Å²) >= 11 is 3.60. The first-order chi connectivity index (χ1) is 8.08. The highest BCUT2D eigenvalue weighted by Gasteiger charge is 2.28. The third-order valence-corrected chi connectivity index (χ3v) is 4.52. The fourth-order valence-corrected chi connectivity index (χ4v) is 2.92. The fraction of sp³-hybridized carbons (Fsp3) is 0.571. The molecule has 0 aromatic heterocycles. The molecule has 0 saturated carbocycles. The Bertz CT molecular complexity index is 380. The Morgan fingerprint density at radius 2 is 2.00 bits per heavy atom. The van der Waals surface area contributed by atoms with Crippen LogP contribution in [0.5, 0.6) is 0 Å². The number of rotatable bonds is 2. The molecule has 3 atom stereocenters. The van der Waals surface area contributed by atoms with Crippen LogP contribution >= 0.6 is 15.9 Å². The van der Waals surface area contributed by atoms with Gasteiger partial charge in [0.05, 0.1) is 0 Å². The third kappa shape index (κ3) is 3.02. The van der Waals surface area contributed by atoms with Crippen molar-refractivity contribution in [3.8, 4) is 0 Å². The van der Waals surface area contributed by atoms with Crippen LogP contribution in [-0.4, -0.2) is 30.6 Å². The molecule has 0 spiro atoms. The summed E-state index contributed by atoms with van der Waals surface area (Å²) in [6.45, 7) is 5.81. The predicted molar refractivity (Wildman–Crippen MR) is 77.4 cm³/mol. The van der Waals surface area contributed by atoms with Crippen LogP contribution in [0.15, 0.2) is 28.7 Å². The first-order valence-electron chi connectivity index (χ1n) is 6.29. The molecule has 1 fully saturated rings. The number of nitrogens with zero attached hydrogens (tertiary/aromatic N) is 1. The average Bonchev–Trinajstić information content (AvgIpc) is 2.29. The van der Waals surface area contributed by atoms with Crippen molar-refractivity contribution in [3.63, 3.8) is 0 Å². The van der Waals surface area contributed by atoms with Crippen LogP contribution in [0.3, 0.4) is 0 Å². The van der Waals surface area contributed by atoms with Gasteiger partial charge in [0.2, 0.25) is 0 Å². The molecule has 0 radical (unpaired) electrons. The van der Waals surface area contributed by atoms with E-state index in [1.54, 1.807) is 0 Å². The molecule has 1 saturated heterocycles. The van der Waals surface area contributed by atoms with Crippen molar-refractivity contribution in [1.82, 2.24) is 4.90 Å². The van der Waals surface area contributed by atoms with Gasteiger partial charge in [0, 0.05) is 28.8 Å². The van der Waals surface area contributed by atoms with E-state index < -0.39 is 0 Å². The zero-order valence-electron chi connectivity index (χ0n) is 10.8. The molecule has 17 heavy (non-hydrogen) atoms. The van der Waals surface area contributed by atoms with E-state index >= 15 is 0 Å². The van der Waals surface area contributed by atoms with E-state index in [0.29, 0.717) is 18.0 Å². The number of hydrogen-bond acceptors (Lipinski definition) is 2. The van der Waals surface area contributed by atoms with Crippen LogP contribution in [0, 0.1) is 5.92 Å². The Morgan fingerprint density at radius 3 is 2.71 bits per heavy atom. The van der Waals surface area contributed by atoms with E-state index in [-0.39, 0.29) is 0 Å². The number of likely N-dealkylation sites (tertiary alicyclic amines) is 1. The van der Waals surface area contributed by atoms with Crippen molar-refractivity contribution in [2.45, 2.75) is 32.4 Å². The Balaban J connectivity index is 2.06. The van der Waals surface area contributed by atoms with E-state index in [1.165, 1.54) is 18.7 Å². The number of nitrogens with one attached hydrogen (secondary N) is 1. The van der Waals surface area contributed by atoms with Crippen molar-refractivity contribution in [1.29, 1.82) is 0 Å². The molecule has 1 heterocycles. The number of benzene rings is 1. The highest BCUT2D eigenvalue weighted by atomic mass is 79.9. The maximum Gasteiger partial charge on any atom is 0.0486 e. The van der Waals surface area contributed by atoms with Gasteiger partial charge in [-0.1, -0.05) is 19.1 Å². The van der Waals surface area contributed by atoms with Gasteiger partial charge in [0.15, 0.2) is 0 Å². The highest BCUT2D eigenvalue weighted by Crippen LogP contribution is 2.28. The van der Waals surface area contributed by atoms with Crippen LogP contribution in [0.2, 0.25) is 0 Å². The normalized spacial score (nSPS) is 30.2. The molecule has 94 valence electrons. The first kappa shape index (κ1) is 12.9. The van der Waals surface area contributed by atoms with E-state index in [4.69, 9.17) is 0 Å². The summed E-state index contributed by atoms with van der Waals surface area (Å²) in [5.41, 5.74) is 1.21. The molecule has 1 aliphatic rings. The Kier molecular flexibility index (Phi) is 4.10. The van der Waals surface area contributed by atoms with Crippen molar-refractivity contribution >= 4 is 21.6 Å². The molecular formula is C14H21BrN2. The maximum atomic E-state index is 3.68. The van der Waals surface area contributed by atoms with Crippen LogP contribution in [0.25, 0.3) is 0 Å². The molecule has 2 nitrogen and oxygen atoms in total. The van der Waals surface area contributed by atoms with Crippen LogP contribution < -0.4 is 5.32 Å². The SMILES string of the molecule is CC1CN(C)C(C)CC1Nc1ccccc1Br. The predicted octanol–water partition coefficient (Wildman–Crippen LogP) is 3.59. The molecule has 0 aliphatic carbocycles. The second-order valence-corrected chi connectivity index (χ2v) is 6.09. The zero-order valence-corrected chi connectivity index (χ0v) is 12.4. The quantitative estimate of drug-likeness (QED) is 0.897. The second kappa shape index (κ2) is 5.40. The van der Waals surface area contributed by atoms with Gasteiger partial charge in [-0.3, -0.25) is 0 Å². The lowest BCUT2D eigenvalue weighted by Crippen LogP contribution is -2.48. The standard InChI is InChI=1S/C14H21BrN2/c1-10-9-17(3)11(2)8-14(10)16-13-7-5-4-6-12(13)15/h4-7,10-11,14,16H,8-9H2,1-3H3. The van der Waals surface area contributed by atoms with E-state index in [1.807, 2.05) is 0 Å². The van der Waals surface area contributed by atoms with E-state index in [2.05, 4.69) is 71.3 Å². The van der Waals surface area contributed by atoms with Crippen molar-refractivity contribution in [2.24, 2.45) is 5.92 Å². The van der Waals surface area contributed by atoms with Gasteiger partial charge in [-0.15, -0.1) is 0 Å². The lowest BCUT2D eigenvalue weighted by molar-refractivity contribution is 0.145. The third-order valence-electron chi connectivity index (χ3n) is 3.83. The molecule has 1 N–H and O–H groups in total. The second-order valence-electron chi connectivity index (χ2n) is 5.23. The molecular weight excluding hydrogens is 276 g/mol. The van der Waals surface area contributed by atoms with Crippen LogP contribution in [0.1, 0.15) is 20.3 Å². The van der Waals surface area contributed by atoms with Crippen molar-refractivity contribution in [2.75, 3.05) is 18.9 Å². The van der Waals surface area contributed by atoms with Gasteiger partial charge in [-0.05, 0) is 54.4 Å². The van der Waals surface area contributed by atoms with Crippen molar-refractivity contribution in [3.05, 3.63) is 28.7 Å². The van der Waals surface area contributed by atoms with Gasteiger partial charge in [-0.25, -0.2) is 0 Å². The zero-order chi connectivity index (χ0) is 12.4. The lowest BCUT2D eigenvalue weighted by atomic mass is 9.89. The largest absolute Gasteiger partial charge is 0.381 e. The number of hydrogen-bond donors (Lipinski definition) is 1. The fourth-order valence-electron chi connectivity index (χ4n) is 2.52. The lowest BCUT2D eigenvalue weighted by Gasteiger charge is -2.40. The minimum Gasteiger partial charge on any atom is -0.381 e. The van der Waals surface area contributed by atoms with Crippen molar-refractivity contribution < 1.29 is 0 Å². The number of piperidine rings is 1. The van der Waals surface area contributed by atoms with Gasteiger partial charge >= 0.3 is 0 Å². The Morgan fingerprint density at radius 1 is 1.29 bits per heavy atom. The summed E-state index contributed by atoms with van der Waals surface area (Å²) in [6, 6.07) is 9.59. The van der Waals surface area contributed by atoms with Gasteiger partial charge in [-0.2, -0.15) is 0 Å². The summed E-state index contributed by atoms with van der Waals surface area (Å²) in [5.74, 6) is 0.684. The summed E-state index contributed by atoms with van der Waals surface area (Å²) < 4.78 is 1.15. The molecule has 3 heteroatoms. The summed E-state index contributed by atoms with van der Waals surface area (Å²) in [7, 11) is 2.22. The molecule has 1 aromatic carbocycles. The molecule has 1 aliphatic heterocycles. The summed E-state index contributed by atoms with van der Waals surface area (Å²) in [5, 5.41) is 3.68. The number of halogens is 1. The first-order valence-corrected chi connectivity index (χ1v) is 7.08. The number of para-hydroxylation sites is 1. The molecule has 0 amide bonds. The Labute approximate surface area is 113 Å². The summed E-state index contributed by atoms with van der Waals surface area (Å²) in [4.78, 5) is 2.45. The number of anilines is 1. The van der Waals surface area contributed by atoms with E-state index in [9.17, 15) is 0 Å². The maximum absolute atomic E-state index is 3.68. The van der Waals surface area contributed by atoms with Gasteiger partial charge < -0.3 is 10.2 Å². The Hall–Kier alpha value is -0.540. The smallest absolute Gasteiger partial charge is 0.0486 e. The topological polar surface area (TPSA) is 15.3 Å². The van der Waals surface area contributed by atoms with Crippen LogP contribution in [0.4, 0.5) is 5.69 Å². The molecule has 3 unspecified atom stereocenters. The summed E-state index contributed by atoms with van der Waals surface area (Å²) in [6.07, 6.45) is 1.21. The molecule has 2 rings (SSSR count). The van der Waals surface area contributed by atoms with Gasteiger partial charge in [0.25, 0.3) is 0 Å². The minimum absolute atomic E-state index is 0.569.